The molecule has 0 aliphatic carbocycles. The second-order valence-electron chi connectivity index (χ2n) is 8.56. The molecule has 5 heterocycles. The van der Waals surface area contributed by atoms with Crippen molar-refractivity contribution in [1.82, 2.24) is 39.6 Å². The smallest absolute Gasteiger partial charge is 0.221 e. The third kappa shape index (κ3) is 3.88. The molecule has 0 radical (unpaired) electrons. The number of hydrogen-bond acceptors (Lipinski definition) is 7. The Morgan fingerprint density at radius 3 is 2.82 bits per heavy atom. The maximum Gasteiger partial charge on any atom is 0.221 e. The second kappa shape index (κ2) is 9.03. The van der Waals surface area contributed by atoms with Gasteiger partial charge < -0.3 is 9.84 Å². The van der Waals surface area contributed by atoms with Gasteiger partial charge in [0, 0.05) is 31.1 Å². The number of aliphatic hydroxyl groups excluding tert-OH is 1. The molecule has 0 amide bonds. The van der Waals surface area contributed by atoms with E-state index in [1.165, 1.54) is 0 Å². The van der Waals surface area contributed by atoms with E-state index in [9.17, 15) is 5.11 Å². The van der Waals surface area contributed by atoms with Crippen LogP contribution in [0.2, 0.25) is 0 Å². The Kier molecular flexibility index (Phi) is 5.93. The van der Waals surface area contributed by atoms with Crippen LogP contribution < -0.4 is 4.74 Å². The Balaban J connectivity index is 1.68. The summed E-state index contributed by atoms with van der Waals surface area (Å²) in [5, 5.41) is 27.5. The summed E-state index contributed by atoms with van der Waals surface area (Å²) in [6.45, 7) is 9.41. The van der Waals surface area contributed by atoms with Crippen molar-refractivity contribution in [2.24, 2.45) is 7.05 Å². The average Bonchev–Trinajstić information content (AvgIpc) is 3.44. The lowest BCUT2D eigenvalue weighted by atomic mass is 10.1. The molecule has 0 fully saturated rings. The zero-order valence-electron chi connectivity index (χ0n) is 20.0. The number of likely N-dealkylation sites (N-methyl/N-ethyl adjacent to an activating group) is 1. The molecule has 34 heavy (non-hydrogen) atoms. The largest absolute Gasteiger partial charge is 0.476 e. The standard InChI is InChI=1S/C24H30N8O2/c1-5-31-9-11-34-24-23(16(3)28-30(24)4)20-12-18-19(26-27-21(18)13-25-20)7-6-17-15(2)29-32(8-10-33)22(17)14-31/h6-7,12-13,33H,5,8-11,14H2,1-4H3,(H,26,27)/b7-6+. The summed E-state index contributed by atoms with van der Waals surface area (Å²) < 4.78 is 9.97. The highest BCUT2D eigenvalue weighted by molar-refractivity contribution is 5.92. The summed E-state index contributed by atoms with van der Waals surface area (Å²) in [4.78, 5) is 6.99. The molecule has 1 aliphatic rings. The molecule has 10 heteroatoms. The van der Waals surface area contributed by atoms with Gasteiger partial charge in [0.15, 0.2) is 0 Å². The summed E-state index contributed by atoms with van der Waals surface area (Å²) in [5.74, 6) is 0.706. The Morgan fingerprint density at radius 2 is 2.03 bits per heavy atom. The molecular weight excluding hydrogens is 432 g/mol. The normalized spacial score (nSPS) is 15.6. The molecule has 4 aromatic heterocycles. The number of fused-ring (bicyclic) bond motifs is 4. The van der Waals surface area contributed by atoms with Crippen LogP contribution in [0.4, 0.5) is 0 Å². The van der Waals surface area contributed by atoms with Crippen LogP contribution in [0.5, 0.6) is 5.88 Å². The predicted octanol–water partition coefficient (Wildman–Crippen LogP) is 2.55. The van der Waals surface area contributed by atoms with E-state index in [2.05, 4.69) is 38.2 Å². The van der Waals surface area contributed by atoms with E-state index in [-0.39, 0.29) is 6.61 Å². The van der Waals surface area contributed by atoms with Gasteiger partial charge >= 0.3 is 0 Å². The van der Waals surface area contributed by atoms with Crippen LogP contribution in [0.3, 0.4) is 0 Å². The number of hydrogen-bond donors (Lipinski definition) is 2. The highest BCUT2D eigenvalue weighted by atomic mass is 16.5. The average molecular weight is 463 g/mol. The maximum absolute atomic E-state index is 9.59. The first-order chi connectivity index (χ1) is 16.5. The zero-order valence-corrected chi connectivity index (χ0v) is 20.0. The predicted molar refractivity (Wildman–Crippen MR) is 130 cm³/mol. The first kappa shape index (κ1) is 22.3. The molecule has 0 atom stereocenters. The fourth-order valence-electron chi connectivity index (χ4n) is 4.60. The molecule has 0 aromatic carbocycles. The Hall–Kier alpha value is -3.50. The summed E-state index contributed by atoms with van der Waals surface area (Å²) in [5.41, 5.74) is 7.30. The summed E-state index contributed by atoms with van der Waals surface area (Å²) in [7, 11) is 1.89. The van der Waals surface area contributed by atoms with Crippen molar-refractivity contribution in [2.75, 3.05) is 26.3 Å². The molecule has 10 nitrogen and oxygen atoms in total. The van der Waals surface area contributed by atoms with Gasteiger partial charge in [-0.2, -0.15) is 15.3 Å². The molecule has 2 bridgehead atoms. The van der Waals surface area contributed by atoms with Crippen LogP contribution in [-0.2, 0) is 20.1 Å². The highest BCUT2D eigenvalue weighted by Gasteiger charge is 2.21. The quantitative estimate of drug-likeness (QED) is 0.481. The van der Waals surface area contributed by atoms with Crippen molar-refractivity contribution in [3.8, 4) is 17.1 Å². The van der Waals surface area contributed by atoms with Crippen molar-refractivity contribution < 1.29 is 9.84 Å². The monoisotopic (exact) mass is 462 g/mol. The van der Waals surface area contributed by atoms with E-state index in [1.807, 2.05) is 37.7 Å². The first-order valence-electron chi connectivity index (χ1n) is 11.6. The van der Waals surface area contributed by atoms with E-state index in [1.54, 1.807) is 10.9 Å². The molecule has 0 spiro atoms. The highest BCUT2D eigenvalue weighted by Crippen LogP contribution is 2.34. The number of aromatic amines is 1. The molecule has 1 aliphatic heterocycles. The number of aliphatic hydroxyl groups is 1. The van der Waals surface area contributed by atoms with Crippen LogP contribution in [0.15, 0.2) is 12.3 Å². The fourth-order valence-corrected chi connectivity index (χ4v) is 4.60. The van der Waals surface area contributed by atoms with Gasteiger partial charge in [-0.05, 0) is 38.6 Å². The van der Waals surface area contributed by atoms with Crippen molar-refractivity contribution in [3.05, 3.63) is 40.6 Å². The van der Waals surface area contributed by atoms with Crippen molar-refractivity contribution in [1.29, 1.82) is 0 Å². The molecule has 0 saturated heterocycles. The van der Waals surface area contributed by atoms with Gasteiger partial charge in [0.2, 0.25) is 5.88 Å². The number of aromatic nitrogens is 7. The third-order valence-corrected chi connectivity index (χ3v) is 6.37. The topological polar surface area (TPSA) is 110 Å². The van der Waals surface area contributed by atoms with Gasteiger partial charge in [0.25, 0.3) is 0 Å². The van der Waals surface area contributed by atoms with Crippen molar-refractivity contribution in [3.63, 3.8) is 0 Å². The van der Waals surface area contributed by atoms with Crippen LogP contribution in [0.1, 0.15) is 35.3 Å². The molecule has 2 N–H and O–H groups in total. The van der Waals surface area contributed by atoms with Gasteiger partial charge in [-0.1, -0.05) is 6.92 Å². The van der Waals surface area contributed by atoms with Crippen molar-refractivity contribution >= 4 is 23.1 Å². The Labute approximate surface area is 197 Å². The maximum atomic E-state index is 9.59. The number of aryl methyl sites for hydroxylation is 3. The van der Waals surface area contributed by atoms with Crippen molar-refractivity contribution in [2.45, 2.75) is 33.9 Å². The number of ether oxygens (including phenoxy) is 1. The van der Waals surface area contributed by atoms with Gasteiger partial charge in [-0.25, -0.2) is 4.68 Å². The lowest BCUT2D eigenvalue weighted by molar-refractivity contribution is 0.195. The van der Waals surface area contributed by atoms with E-state index < -0.39 is 0 Å². The minimum atomic E-state index is 0.0366. The fraction of sp³-hybridized carbons (Fsp3) is 0.417. The lowest BCUT2D eigenvalue weighted by Gasteiger charge is -2.22. The van der Waals surface area contributed by atoms with E-state index in [4.69, 9.17) is 9.84 Å². The van der Waals surface area contributed by atoms with Gasteiger partial charge in [-0.15, -0.1) is 0 Å². The van der Waals surface area contributed by atoms with Crippen LogP contribution >= 0.6 is 0 Å². The molecule has 0 saturated carbocycles. The van der Waals surface area contributed by atoms with Gasteiger partial charge in [0.05, 0.1) is 58.9 Å². The molecule has 4 aromatic rings. The van der Waals surface area contributed by atoms with Crippen LogP contribution in [0.25, 0.3) is 34.3 Å². The summed E-state index contributed by atoms with van der Waals surface area (Å²) >= 11 is 0. The number of pyridine rings is 1. The number of nitrogens with zero attached hydrogens (tertiary/aromatic N) is 7. The molecule has 5 rings (SSSR count). The lowest BCUT2D eigenvalue weighted by Crippen LogP contribution is -2.29. The number of nitrogens with one attached hydrogen (secondary N) is 1. The van der Waals surface area contributed by atoms with Crippen LogP contribution in [0, 0.1) is 13.8 Å². The second-order valence-corrected chi connectivity index (χ2v) is 8.56. The molecule has 178 valence electrons. The minimum Gasteiger partial charge on any atom is -0.476 e. The first-order valence-corrected chi connectivity index (χ1v) is 11.6. The zero-order chi connectivity index (χ0) is 23.8. The summed E-state index contributed by atoms with van der Waals surface area (Å²) in [6, 6.07) is 2.04. The van der Waals surface area contributed by atoms with E-state index in [0.717, 1.165) is 63.6 Å². The van der Waals surface area contributed by atoms with E-state index in [0.29, 0.717) is 25.6 Å². The van der Waals surface area contributed by atoms with E-state index >= 15 is 0 Å². The number of H-pyrrole nitrogens is 1. The molecular formula is C24H30N8O2. The van der Waals surface area contributed by atoms with Crippen LogP contribution in [-0.4, -0.2) is 71.1 Å². The summed E-state index contributed by atoms with van der Waals surface area (Å²) in [6.07, 6.45) is 5.90. The Morgan fingerprint density at radius 1 is 1.18 bits per heavy atom. The number of rotatable bonds is 3. The molecule has 0 unspecified atom stereocenters. The third-order valence-electron chi connectivity index (χ3n) is 6.37. The van der Waals surface area contributed by atoms with Gasteiger partial charge in [-0.3, -0.25) is 19.7 Å². The van der Waals surface area contributed by atoms with Gasteiger partial charge in [0.1, 0.15) is 6.61 Å². The Bertz CT molecular complexity index is 1360. The SMILES string of the molecule is CCN1CCOc2c(c(C)nn2C)-c2cc3c(n[nH]c3cn2)/C=C/c2c(C)nn(CCO)c2C1. The minimum absolute atomic E-state index is 0.0366.